The predicted molar refractivity (Wildman–Crippen MR) is 110 cm³/mol. The second-order valence-corrected chi connectivity index (χ2v) is 6.46. The SMILES string of the molecule is CCNC(=NCCCN(C)CC(F)(F)F)N1CCC(C(=O)OCC)CC1.I. The van der Waals surface area contributed by atoms with Crippen LogP contribution in [0.4, 0.5) is 13.2 Å². The van der Waals surface area contributed by atoms with Crippen molar-refractivity contribution in [2.24, 2.45) is 10.9 Å². The molecular weight excluding hydrogens is 476 g/mol. The summed E-state index contributed by atoms with van der Waals surface area (Å²) in [6, 6.07) is 0. The molecule has 1 fully saturated rings. The first-order chi connectivity index (χ1) is 12.3. The lowest BCUT2D eigenvalue weighted by atomic mass is 9.97. The highest BCUT2D eigenvalue weighted by Gasteiger charge is 2.29. The van der Waals surface area contributed by atoms with Crippen LogP contribution in [0.1, 0.15) is 33.1 Å². The Bertz CT molecular complexity index is 456. The van der Waals surface area contributed by atoms with Gasteiger partial charge in [-0.05, 0) is 46.7 Å². The monoisotopic (exact) mass is 508 g/mol. The zero-order chi connectivity index (χ0) is 19.6. The summed E-state index contributed by atoms with van der Waals surface area (Å²) >= 11 is 0. The molecule has 0 unspecified atom stereocenters. The molecule has 0 aliphatic carbocycles. The van der Waals surface area contributed by atoms with Crippen molar-refractivity contribution in [3.05, 3.63) is 0 Å². The molecule has 0 radical (unpaired) electrons. The topological polar surface area (TPSA) is 57.2 Å². The first-order valence-electron chi connectivity index (χ1n) is 9.22. The molecule has 0 spiro atoms. The number of guanidine groups is 1. The fourth-order valence-corrected chi connectivity index (χ4v) is 2.92. The van der Waals surface area contributed by atoms with Crippen molar-refractivity contribution < 1.29 is 22.7 Å². The fourth-order valence-electron chi connectivity index (χ4n) is 2.92. The number of halogens is 4. The van der Waals surface area contributed by atoms with Crippen LogP contribution in [-0.2, 0) is 9.53 Å². The summed E-state index contributed by atoms with van der Waals surface area (Å²) in [6.07, 6.45) is -2.17. The molecule has 1 rings (SSSR count). The van der Waals surface area contributed by atoms with E-state index in [2.05, 4.69) is 15.2 Å². The quantitative estimate of drug-likeness (QED) is 0.180. The summed E-state index contributed by atoms with van der Waals surface area (Å²) in [5, 5.41) is 3.21. The largest absolute Gasteiger partial charge is 0.466 e. The Morgan fingerprint density at radius 2 is 1.93 bits per heavy atom. The van der Waals surface area contributed by atoms with E-state index in [4.69, 9.17) is 4.74 Å². The second kappa shape index (κ2) is 13.4. The van der Waals surface area contributed by atoms with Gasteiger partial charge in [0.15, 0.2) is 5.96 Å². The summed E-state index contributed by atoms with van der Waals surface area (Å²) in [4.78, 5) is 19.7. The van der Waals surface area contributed by atoms with E-state index in [9.17, 15) is 18.0 Å². The van der Waals surface area contributed by atoms with Gasteiger partial charge in [0.25, 0.3) is 0 Å². The minimum absolute atomic E-state index is 0. The van der Waals surface area contributed by atoms with Crippen molar-refractivity contribution in [1.82, 2.24) is 15.1 Å². The van der Waals surface area contributed by atoms with Gasteiger partial charge < -0.3 is 15.0 Å². The number of carbonyl (C=O) groups excluding carboxylic acids is 1. The number of likely N-dealkylation sites (tertiary alicyclic amines) is 1. The number of hydrogen-bond acceptors (Lipinski definition) is 4. The number of esters is 1. The molecule has 1 saturated heterocycles. The van der Waals surface area contributed by atoms with E-state index in [-0.39, 0.29) is 35.9 Å². The normalized spacial score (nSPS) is 16.3. The van der Waals surface area contributed by atoms with Gasteiger partial charge in [-0.15, -0.1) is 24.0 Å². The van der Waals surface area contributed by atoms with E-state index < -0.39 is 12.7 Å². The van der Waals surface area contributed by atoms with Crippen molar-refractivity contribution in [1.29, 1.82) is 0 Å². The number of nitrogens with one attached hydrogen (secondary N) is 1. The zero-order valence-corrected chi connectivity index (χ0v) is 18.7. The molecule has 1 aliphatic heterocycles. The van der Waals surface area contributed by atoms with Gasteiger partial charge in [0.2, 0.25) is 0 Å². The van der Waals surface area contributed by atoms with Crippen LogP contribution in [0.25, 0.3) is 0 Å². The summed E-state index contributed by atoms with van der Waals surface area (Å²) in [7, 11) is 1.46. The number of nitrogens with zero attached hydrogens (tertiary/aromatic N) is 3. The van der Waals surface area contributed by atoms with Crippen LogP contribution in [0, 0.1) is 5.92 Å². The summed E-state index contributed by atoms with van der Waals surface area (Å²) in [6.45, 7) is 6.20. The molecule has 27 heavy (non-hydrogen) atoms. The molecular formula is C17H32F3IN4O2. The molecule has 0 aromatic carbocycles. The first kappa shape index (κ1) is 26.2. The molecule has 1 N–H and O–H groups in total. The molecule has 0 aromatic heterocycles. The third-order valence-corrected chi connectivity index (χ3v) is 4.16. The lowest BCUT2D eigenvalue weighted by molar-refractivity contribution is -0.149. The van der Waals surface area contributed by atoms with Crippen LogP contribution in [0.5, 0.6) is 0 Å². The second-order valence-electron chi connectivity index (χ2n) is 6.46. The van der Waals surface area contributed by atoms with E-state index in [1.54, 1.807) is 6.92 Å². The standard InChI is InChI=1S/C17H31F3N4O2.HI/c1-4-21-16(22-9-6-10-23(3)13-17(18,19)20)24-11-7-14(8-12-24)15(25)26-5-2;/h14H,4-13H2,1-3H3,(H,21,22);1H. The Hall–Kier alpha value is -0.780. The fraction of sp³-hybridized carbons (Fsp3) is 0.882. The number of alkyl halides is 3. The number of piperidine rings is 1. The maximum absolute atomic E-state index is 12.3. The van der Waals surface area contributed by atoms with Crippen LogP contribution in [0.3, 0.4) is 0 Å². The highest BCUT2D eigenvalue weighted by atomic mass is 127. The lowest BCUT2D eigenvalue weighted by Crippen LogP contribution is -2.46. The molecule has 0 bridgehead atoms. The van der Waals surface area contributed by atoms with Crippen LogP contribution in [0.15, 0.2) is 4.99 Å². The summed E-state index contributed by atoms with van der Waals surface area (Å²) in [5.41, 5.74) is 0. The van der Waals surface area contributed by atoms with Crippen molar-refractivity contribution in [2.75, 3.05) is 52.9 Å². The van der Waals surface area contributed by atoms with Gasteiger partial charge in [-0.25, -0.2) is 0 Å². The Morgan fingerprint density at radius 3 is 2.44 bits per heavy atom. The Kier molecular flexibility index (Phi) is 13.0. The van der Waals surface area contributed by atoms with Gasteiger partial charge >= 0.3 is 12.1 Å². The van der Waals surface area contributed by atoms with Gasteiger partial charge in [-0.2, -0.15) is 13.2 Å². The van der Waals surface area contributed by atoms with E-state index in [1.807, 2.05) is 6.92 Å². The summed E-state index contributed by atoms with van der Waals surface area (Å²) in [5.74, 6) is 0.556. The highest BCUT2D eigenvalue weighted by molar-refractivity contribution is 14.0. The van der Waals surface area contributed by atoms with Crippen molar-refractivity contribution in [2.45, 2.75) is 39.3 Å². The van der Waals surface area contributed by atoms with Crippen LogP contribution in [0.2, 0.25) is 0 Å². The van der Waals surface area contributed by atoms with Gasteiger partial charge in [-0.3, -0.25) is 14.7 Å². The number of aliphatic imine (C=N–C) groups is 1. The van der Waals surface area contributed by atoms with Gasteiger partial charge in [0.1, 0.15) is 0 Å². The minimum atomic E-state index is -4.17. The smallest absolute Gasteiger partial charge is 0.401 e. The molecule has 1 aliphatic rings. The molecule has 1 heterocycles. The average Bonchev–Trinajstić information content (AvgIpc) is 2.56. The highest BCUT2D eigenvalue weighted by Crippen LogP contribution is 2.19. The molecule has 10 heteroatoms. The Labute approximate surface area is 176 Å². The van der Waals surface area contributed by atoms with Gasteiger partial charge in [0.05, 0.1) is 19.1 Å². The number of rotatable bonds is 8. The number of carbonyl (C=O) groups is 1. The zero-order valence-electron chi connectivity index (χ0n) is 16.3. The maximum atomic E-state index is 12.3. The van der Waals surface area contributed by atoms with Crippen molar-refractivity contribution in [3.8, 4) is 0 Å². The average molecular weight is 508 g/mol. The maximum Gasteiger partial charge on any atom is 0.401 e. The molecule has 160 valence electrons. The summed E-state index contributed by atoms with van der Waals surface area (Å²) < 4.78 is 42.0. The first-order valence-corrected chi connectivity index (χ1v) is 9.22. The Balaban J connectivity index is 0.00000676. The number of ether oxygens (including phenoxy) is 1. The van der Waals surface area contributed by atoms with Crippen molar-refractivity contribution >= 4 is 35.9 Å². The molecule has 0 saturated carbocycles. The third kappa shape index (κ3) is 11.0. The number of hydrogen-bond donors (Lipinski definition) is 1. The van der Waals surface area contributed by atoms with E-state index in [0.717, 1.165) is 18.8 Å². The molecule has 0 aromatic rings. The lowest BCUT2D eigenvalue weighted by Gasteiger charge is -2.33. The van der Waals surface area contributed by atoms with Crippen LogP contribution < -0.4 is 5.32 Å². The van der Waals surface area contributed by atoms with E-state index in [0.29, 0.717) is 45.8 Å². The van der Waals surface area contributed by atoms with Crippen LogP contribution >= 0.6 is 24.0 Å². The van der Waals surface area contributed by atoms with Gasteiger partial charge in [0, 0.05) is 26.2 Å². The Morgan fingerprint density at radius 1 is 1.30 bits per heavy atom. The molecule has 0 atom stereocenters. The minimum Gasteiger partial charge on any atom is -0.466 e. The van der Waals surface area contributed by atoms with Gasteiger partial charge in [-0.1, -0.05) is 0 Å². The van der Waals surface area contributed by atoms with Crippen molar-refractivity contribution in [3.63, 3.8) is 0 Å². The van der Waals surface area contributed by atoms with E-state index >= 15 is 0 Å². The van der Waals surface area contributed by atoms with E-state index in [1.165, 1.54) is 11.9 Å². The predicted octanol–water partition coefficient (Wildman–Crippen LogP) is 2.73. The van der Waals surface area contributed by atoms with Crippen LogP contribution in [-0.4, -0.2) is 80.8 Å². The third-order valence-electron chi connectivity index (χ3n) is 4.16. The molecule has 6 nitrogen and oxygen atoms in total. The molecule has 0 amide bonds.